The van der Waals surface area contributed by atoms with Crippen molar-refractivity contribution in [2.24, 2.45) is 5.73 Å². The molecule has 0 heterocycles. The molecule has 1 aliphatic rings. The van der Waals surface area contributed by atoms with E-state index in [1.165, 1.54) is 31.2 Å². The maximum absolute atomic E-state index is 8.36. The van der Waals surface area contributed by atoms with Crippen molar-refractivity contribution in [1.29, 1.82) is 0 Å². The highest BCUT2D eigenvalue weighted by Crippen LogP contribution is 2.17. The minimum Gasteiger partial charge on any atom is -0.483 e. The zero-order valence-electron chi connectivity index (χ0n) is 10.6. The Morgan fingerprint density at radius 2 is 1.78 bits per heavy atom. The van der Waals surface area contributed by atoms with Gasteiger partial charge in [0.1, 0.15) is 0 Å². The zero-order chi connectivity index (χ0) is 13.2. The number of rotatable bonds is 3. The molecule has 18 heavy (non-hydrogen) atoms. The van der Waals surface area contributed by atoms with E-state index >= 15 is 0 Å². The van der Waals surface area contributed by atoms with Crippen molar-refractivity contribution in [3.05, 3.63) is 35.9 Å². The van der Waals surface area contributed by atoms with E-state index in [0.29, 0.717) is 12.1 Å². The van der Waals surface area contributed by atoms with Crippen LogP contribution < -0.4 is 11.1 Å². The first-order chi connectivity index (χ1) is 8.76. The van der Waals surface area contributed by atoms with Crippen molar-refractivity contribution in [2.45, 2.75) is 44.3 Å². The Morgan fingerprint density at radius 3 is 2.33 bits per heavy atom. The molecule has 2 rings (SSSR count). The molecule has 4 heteroatoms. The number of benzene rings is 1. The summed E-state index contributed by atoms with van der Waals surface area (Å²) < 4.78 is 0. The van der Waals surface area contributed by atoms with E-state index in [1.807, 2.05) is 0 Å². The van der Waals surface area contributed by atoms with Crippen LogP contribution >= 0.6 is 0 Å². The van der Waals surface area contributed by atoms with Gasteiger partial charge in [-0.3, -0.25) is 4.79 Å². The fourth-order valence-corrected chi connectivity index (χ4v) is 2.18. The van der Waals surface area contributed by atoms with Crippen molar-refractivity contribution >= 4 is 6.47 Å². The van der Waals surface area contributed by atoms with Crippen LogP contribution in [0, 0.1) is 0 Å². The Balaban J connectivity index is 0.000000492. The van der Waals surface area contributed by atoms with Crippen molar-refractivity contribution < 1.29 is 9.90 Å². The largest absolute Gasteiger partial charge is 0.483 e. The summed E-state index contributed by atoms with van der Waals surface area (Å²) in [5.41, 5.74) is 7.24. The molecule has 0 amide bonds. The summed E-state index contributed by atoms with van der Waals surface area (Å²) in [5, 5.41) is 10.5. The van der Waals surface area contributed by atoms with Gasteiger partial charge in [0.15, 0.2) is 0 Å². The number of nitrogens with one attached hydrogen (secondary N) is 1. The SMILES string of the molecule is NC1CCC(NCc2ccccc2)CC1.O=CO. The van der Waals surface area contributed by atoms with Crippen LogP contribution in [-0.2, 0) is 11.3 Å². The van der Waals surface area contributed by atoms with Gasteiger partial charge in [-0.05, 0) is 31.2 Å². The van der Waals surface area contributed by atoms with Crippen molar-refractivity contribution in [2.75, 3.05) is 0 Å². The Kier molecular flexibility index (Phi) is 7.06. The molecule has 1 aromatic rings. The van der Waals surface area contributed by atoms with Gasteiger partial charge in [-0.1, -0.05) is 30.3 Å². The molecule has 0 atom stereocenters. The van der Waals surface area contributed by atoms with E-state index in [4.69, 9.17) is 15.6 Å². The maximum atomic E-state index is 8.36. The first-order valence-electron chi connectivity index (χ1n) is 6.37. The third-order valence-corrected chi connectivity index (χ3v) is 3.21. The molecule has 1 aliphatic carbocycles. The van der Waals surface area contributed by atoms with E-state index < -0.39 is 0 Å². The third kappa shape index (κ3) is 5.80. The monoisotopic (exact) mass is 250 g/mol. The van der Waals surface area contributed by atoms with Crippen molar-refractivity contribution in [3.63, 3.8) is 0 Å². The lowest BCUT2D eigenvalue weighted by Gasteiger charge is -2.26. The molecule has 0 bridgehead atoms. The third-order valence-electron chi connectivity index (χ3n) is 3.21. The molecule has 0 saturated heterocycles. The molecule has 0 radical (unpaired) electrons. The standard InChI is InChI=1S/C13H20N2.CH2O2/c14-12-6-8-13(9-7-12)15-10-11-4-2-1-3-5-11;2-1-3/h1-5,12-13,15H,6-10,14H2;1H,(H,2,3). The summed E-state index contributed by atoms with van der Waals surface area (Å²) in [6.07, 6.45) is 4.81. The topological polar surface area (TPSA) is 75.3 Å². The summed E-state index contributed by atoms with van der Waals surface area (Å²) in [7, 11) is 0. The molecule has 1 aromatic carbocycles. The predicted molar refractivity (Wildman–Crippen MR) is 72.2 cm³/mol. The highest BCUT2D eigenvalue weighted by Gasteiger charge is 2.17. The van der Waals surface area contributed by atoms with Gasteiger partial charge in [0.05, 0.1) is 0 Å². The number of hydrogen-bond acceptors (Lipinski definition) is 3. The van der Waals surface area contributed by atoms with Crippen molar-refractivity contribution in [1.82, 2.24) is 5.32 Å². The second-order valence-electron chi connectivity index (χ2n) is 4.58. The Labute approximate surface area is 108 Å². The maximum Gasteiger partial charge on any atom is 0.290 e. The van der Waals surface area contributed by atoms with E-state index in [9.17, 15) is 0 Å². The quantitative estimate of drug-likeness (QED) is 0.714. The van der Waals surface area contributed by atoms with Gasteiger partial charge in [0, 0.05) is 18.6 Å². The van der Waals surface area contributed by atoms with Gasteiger partial charge in [-0.15, -0.1) is 0 Å². The van der Waals surface area contributed by atoms with Gasteiger partial charge < -0.3 is 16.2 Å². The number of carboxylic acid groups (broad SMARTS) is 1. The van der Waals surface area contributed by atoms with Gasteiger partial charge in [-0.25, -0.2) is 0 Å². The normalized spacial score (nSPS) is 22.7. The Bertz CT molecular complexity index is 322. The first-order valence-corrected chi connectivity index (χ1v) is 6.37. The lowest BCUT2D eigenvalue weighted by molar-refractivity contribution is -0.122. The van der Waals surface area contributed by atoms with Crippen LogP contribution in [-0.4, -0.2) is 23.7 Å². The summed E-state index contributed by atoms with van der Waals surface area (Å²) in [6, 6.07) is 11.7. The van der Waals surface area contributed by atoms with Crippen LogP contribution in [0.25, 0.3) is 0 Å². The predicted octanol–water partition coefficient (Wildman–Crippen LogP) is 1.75. The molecule has 0 aromatic heterocycles. The van der Waals surface area contributed by atoms with Gasteiger partial charge in [0.25, 0.3) is 6.47 Å². The summed E-state index contributed by atoms with van der Waals surface area (Å²) >= 11 is 0. The Hall–Kier alpha value is -1.39. The number of nitrogens with two attached hydrogens (primary N) is 1. The summed E-state index contributed by atoms with van der Waals surface area (Å²) in [4.78, 5) is 8.36. The Morgan fingerprint density at radius 1 is 1.22 bits per heavy atom. The highest BCUT2D eigenvalue weighted by molar-refractivity contribution is 5.32. The average molecular weight is 250 g/mol. The highest BCUT2D eigenvalue weighted by atomic mass is 16.3. The van der Waals surface area contributed by atoms with Crippen LogP contribution in [0.4, 0.5) is 0 Å². The molecular weight excluding hydrogens is 228 g/mol. The molecule has 4 N–H and O–H groups in total. The van der Waals surface area contributed by atoms with E-state index in [1.54, 1.807) is 0 Å². The average Bonchev–Trinajstić information content (AvgIpc) is 2.40. The van der Waals surface area contributed by atoms with Gasteiger partial charge in [0.2, 0.25) is 0 Å². The van der Waals surface area contributed by atoms with Crippen molar-refractivity contribution in [3.8, 4) is 0 Å². The molecular formula is C14H22N2O2. The molecule has 1 saturated carbocycles. The molecule has 0 spiro atoms. The van der Waals surface area contributed by atoms with Gasteiger partial charge in [-0.2, -0.15) is 0 Å². The van der Waals surface area contributed by atoms with E-state index in [-0.39, 0.29) is 6.47 Å². The summed E-state index contributed by atoms with van der Waals surface area (Å²) in [6.45, 7) is 0.737. The zero-order valence-corrected chi connectivity index (χ0v) is 10.6. The number of carbonyl (C=O) groups is 1. The second-order valence-corrected chi connectivity index (χ2v) is 4.58. The minimum absolute atomic E-state index is 0.250. The van der Waals surface area contributed by atoms with Crippen LogP contribution in [0.2, 0.25) is 0 Å². The van der Waals surface area contributed by atoms with Gasteiger partial charge >= 0.3 is 0 Å². The summed E-state index contributed by atoms with van der Waals surface area (Å²) in [5.74, 6) is 0. The van der Waals surface area contributed by atoms with Crippen LogP contribution in [0.15, 0.2) is 30.3 Å². The molecule has 1 fully saturated rings. The van der Waals surface area contributed by atoms with E-state index in [0.717, 1.165) is 6.54 Å². The lowest BCUT2D eigenvalue weighted by atomic mass is 9.92. The first kappa shape index (κ1) is 14.7. The fourth-order valence-electron chi connectivity index (χ4n) is 2.18. The van der Waals surface area contributed by atoms with Crippen LogP contribution in [0.5, 0.6) is 0 Å². The number of hydrogen-bond donors (Lipinski definition) is 3. The minimum atomic E-state index is -0.250. The van der Waals surface area contributed by atoms with E-state index in [2.05, 4.69) is 35.6 Å². The second kappa shape index (κ2) is 8.66. The van der Waals surface area contributed by atoms with Crippen LogP contribution in [0.1, 0.15) is 31.2 Å². The molecule has 100 valence electrons. The van der Waals surface area contributed by atoms with Crippen LogP contribution in [0.3, 0.4) is 0 Å². The smallest absolute Gasteiger partial charge is 0.290 e. The molecule has 0 unspecified atom stereocenters. The molecule has 4 nitrogen and oxygen atoms in total. The molecule has 0 aliphatic heterocycles. The fraction of sp³-hybridized carbons (Fsp3) is 0.500. The lowest BCUT2D eigenvalue weighted by Crippen LogP contribution is -2.36.